The Labute approximate surface area is 138 Å². The summed E-state index contributed by atoms with van der Waals surface area (Å²) < 4.78 is 5.60. The number of amides is 2. The zero-order valence-electron chi connectivity index (χ0n) is 14.1. The van der Waals surface area contributed by atoms with Crippen molar-refractivity contribution >= 4 is 11.8 Å². The zero-order valence-corrected chi connectivity index (χ0v) is 14.1. The Bertz CT molecular complexity index is 506. The fraction of sp³-hybridized carbons (Fsp3) is 0.529. The third-order valence-corrected chi connectivity index (χ3v) is 3.29. The Morgan fingerprint density at radius 1 is 1.22 bits per heavy atom. The van der Waals surface area contributed by atoms with Crippen molar-refractivity contribution in [2.45, 2.75) is 32.7 Å². The lowest BCUT2D eigenvalue weighted by Gasteiger charge is -2.21. The average Bonchev–Trinajstić information content (AvgIpc) is 2.51. The highest BCUT2D eigenvalue weighted by atomic mass is 16.5. The maximum absolute atomic E-state index is 12.1. The van der Waals surface area contributed by atoms with E-state index in [0.717, 1.165) is 18.5 Å². The molecule has 0 aromatic heterocycles. The van der Waals surface area contributed by atoms with Crippen molar-refractivity contribution in [2.75, 3.05) is 26.7 Å². The minimum Gasteiger partial charge on any atom is -0.494 e. The molecule has 0 saturated heterocycles. The first-order chi connectivity index (χ1) is 11.1. The van der Waals surface area contributed by atoms with Crippen molar-refractivity contribution in [3.05, 3.63) is 29.8 Å². The molecule has 6 nitrogen and oxygen atoms in total. The first kappa shape index (κ1) is 19.0. The number of hydrogen-bond donors (Lipinski definition) is 3. The second-order valence-electron chi connectivity index (χ2n) is 5.24. The number of rotatable bonds is 10. The second kappa shape index (κ2) is 10.6. The van der Waals surface area contributed by atoms with Gasteiger partial charge in [0.1, 0.15) is 5.75 Å². The van der Waals surface area contributed by atoms with E-state index < -0.39 is 6.04 Å². The Hall–Kier alpha value is -2.08. The lowest BCUT2D eigenvalue weighted by Crippen LogP contribution is -2.33. The fourth-order valence-corrected chi connectivity index (χ4v) is 2.29. The van der Waals surface area contributed by atoms with Crippen LogP contribution in [0.5, 0.6) is 5.75 Å². The molecule has 1 aromatic carbocycles. The molecule has 0 fully saturated rings. The van der Waals surface area contributed by atoms with Gasteiger partial charge in [-0.2, -0.15) is 0 Å². The van der Waals surface area contributed by atoms with Crippen LogP contribution in [0.15, 0.2) is 24.3 Å². The summed E-state index contributed by atoms with van der Waals surface area (Å²) in [5.74, 6) is 0.423. The van der Waals surface area contributed by atoms with Gasteiger partial charge in [-0.1, -0.05) is 18.2 Å². The van der Waals surface area contributed by atoms with E-state index in [0.29, 0.717) is 18.9 Å². The SMILES string of the molecule is CCOc1ccccc1C(CC(=O)NCCCNC)NC(C)=O. The minimum atomic E-state index is -0.403. The Morgan fingerprint density at radius 2 is 1.96 bits per heavy atom. The topological polar surface area (TPSA) is 79.5 Å². The molecule has 0 bridgehead atoms. The second-order valence-corrected chi connectivity index (χ2v) is 5.24. The van der Waals surface area contributed by atoms with Crippen LogP contribution in [0.1, 0.15) is 38.3 Å². The van der Waals surface area contributed by atoms with Gasteiger partial charge in [-0.05, 0) is 33.0 Å². The summed E-state index contributed by atoms with van der Waals surface area (Å²) in [6, 6.07) is 7.06. The Kier molecular flexibility index (Phi) is 8.75. The van der Waals surface area contributed by atoms with Crippen LogP contribution in [0.3, 0.4) is 0 Å². The number of nitrogens with one attached hydrogen (secondary N) is 3. The molecule has 6 heteroatoms. The highest BCUT2D eigenvalue weighted by Gasteiger charge is 2.20. The summed E-state index contributed by atoms with van der Waals surface area (Å²) in [7, 11) is 1.87. The molecule has 0 aliphatic carbocycles. The number of carbonyl (C=O) groups is 2. The molecular formula is C17H27N3O3. The third kappa shape index (κ3) is 7.15. The number of benzene rings is 1. The van der Waals surface area contributed by atoms with Crippen LogP contribution >= 0.6 is 0 Å². The molecule has 1 aromatic rings. The van der Waals surface area contributed by atoms with Crippen molar-refractivity contribution < 1.29 is 14.3 Å². The molecular weight excluding hydrogens is 294 g/mol. The molecule has 1 unspecified atom stereocenters. The van der Waals surface area contributed by atoms with E-state index in [1.54, 1.807) is 0 Å². The lowest BCUT2D eigenvalue weighted by atomic mass is 10.0. The van der Waals surface area contributed by atoms with Crippen molar-refractivity contribution in [3.63, 3.8) is 0 Å². The first-order valence-electron chi connectivity index (χ1n) is 7.98. The average molecular weight is 321 g/mol. The molecule has 0 spiro atoms. The molecule has 0 heterocycles. The highest BCUT2D eigenvalue weighted by Crippen LogP contribution is 2.27. The monoisotopic (exact) mass is 321 g/mol. The molecule has 0 aliphatic heterocycles. The van der Waals surface area contributed by atoms with Crippen molar-refractivity contribution in [1.82, 2.24) is 16.0 Å². The van der Waals surface area contributed by atoms with E-state index >= 15 is 0 Å². The molecule has 1 atom stereocenters. The van der Waals surface area contributed by atoms with E-state index in [9.17, 15) is 9.59 Å². The quantitative estimate of drug-likeness (QED) is 0.569. The van der Waals surface area contributed by atoms with E-state index in [4.69, 9.17) is 4.74 Å². The minimum absolute atomic E-state index is 0.0915. The summed E-state index contributed by atoms with van der Waals surface area (Å²) in [6.07, 6.45) is 1.05. The van der Waals surface area contributed by atoms with E-state index in [1.807, 2.05) is 38.2 Å². The smallest absolute Gasteiger partial charge is 0.222 e. The molecule has 1 rings (SSSR count). The van der Waals surface area contributed by atoms with Crippen molar-refractivity contribution in [1.29, 1.82) is 0 Å². The predicted octanol–water partition coefficient (Wildman–Crippen LogP) is 1.38. The summed E-state index contributed by atoms with van der Waals surface area (Å²) in [5, 5.41) is 8.74. The molecule has 0 saturated carbocycles. The number of hydrogen-bond acceptors (Lipinski definition) is 4. The van der Waals surface area contributed by atoms with Gasteiger partial charge in [0.15, 0.2) is 0 Å². The lowest BCUT2D eigenvalue weighted by molar-refractivity contribution is -0.122. The van der Waals surface area contributed by atoms with Crippen LogP contribution in [0.2, 0.25) is 0 Å². The molecule has 128 valence electrons. The van der Waals surface area contributed by atoms with Gasteiger partial charge in [-0.25, -0.2) is 0 Å². The van der Waals surface area contributed by atoms with Crippen LogP contribution in [0, 0.1) is 0 Å². The van der Waals surface area contributed by atoms with Crippen LogP contribution < -0.4 is 20.7 Å². The molecule has 0 aliphatic rings. The van der Waals surface area contributed by atoms with Gasteiger partial charge in [0, 0.05) is 19.0 Å². The van der Waals surface area contributed by atoms with Gasteiger partial charge < -0.3 is 20.7 Å². The molecule has 2 amide bonds. The zero-order chi connectivity index (χ0) is 17.1. The molecule has 3 N–H and O–H groups in total. The molecule has 0 radical (unpaired) electrons. The van der Waals surface area contributed by atoms with E-state index in [2.05, 4.69) is 16.0 Å². The number of para-hydroxylation sites is 1. The largest absolute Gasteiger partial charge is 0.494 e. The van der Waals surface area contributed by atoms with Crippen molar-refractivity contribution in [3.8, 4) is 5.75 Å². The molecule has 23 heavy (non-hydrogen) atoms. The van der Waals surface area contributed by atoms with Crippen LogP contribution in [-0.4, -0.2) is 38.6 Å². The maximum atomic E-state index is 12.1. The Balaban J connectivity index is 2.76. The Morgan fingerprint density at radius 3 is 2.61 bits per heavy atom. The normalized spacial score (nSPS) is 11.6. The van der Waals surface area contributed by atoms with E-state index in [1.165, 1.54) is 6.92 Å². The van der Waals surface area contributed by atoms with Gasteiger partial charge in [0.2, 0.25) is 11.8 Å². The number of carbonyl (C=O) groups excluding carboxylic acids is 2. The van der Waals surface area contributed by atoms with Gasteiger partial charge >= 0.3 is 0 Å². The first-order valence-corrected chi connectivity index (χ1v) is 7.98. The summed E-state index contributed by atoms with van der Waals surface area (Å²) in [6.45, 7) is 5.34. The highest BCUT2D eigenvalue weighted by molar-refractivity contribution is 5.79. The van der Waals surface area contributed by atoms with E-state index in [-0.39, 0.29) is 18.2 Å². The van der Waals surface area contributed by atoms with Gasteiger partial charge in [-0.3, -0.25) is 9.59 Å². The number of ether oxygens (including phenoxy) is 1. The van der Waals surface area contributed by atoms with Gasteiger partial charge in [0.05, 0.1) is 19.1 Å². The van der Waals surface area contributed by atoms with Crippen LogP contribution in [0.25, 0.3) is 0 Å². The summed E-state index contributed by atoms with van der Waals surface area (Å²) in [5.41, 5.74) is 0.815. The third-order valence-electron chi connectivity index (χ3n) is 3.29. The standard InChI is InChI=1S/C17H27N3O3/c1-4-23-16-9-6-5-8-14(16)15(20-13(2)21)12-17(22)19-11-7-10-18-3/h5-6,8-9,15,18H,4,7,10-12H2,1-3H3,(H,19,22)(H,20,21). The maximum Gasteiger partial charge on any atom is 0.222 e. The predicted molar refractivity (Wildman–Crippen MR) is 90.3 cm³/mol. The van der Waals surface area contributed by atoms with Crippen LogP contribution in [-0.2, 0) is 9.59 Å². The van der Waals surface area contributed by atoms with Gasteiger partial charge in [0.25, 0.3) is 0 Å². The summed E-state index contributed by atoms with van der Waals surface area (Å²) in [4.78, 5) is 23.6. The van der Waals surface area contributed by atoms with Gasteiger partial charge in [-0.15, -0.1) is 0 Å². The van der Waals surface area contributed by atoms with Crippen molar-refractivity contribution in [2.24, 2.45) is 0 Å². The summed E-state index contributed by atoms with van der Waals surface area (Å²) >= 11 is 0. The van der Waals surface area contributed by atoms with Crippen LogP contribution in [0.4, 0.5) is 0 Å². The fourth-order valence-electron chi connectivity index (χ4n) is 2.29.